The molecule has 2 aliphatic heterocycles. The molecule has 0 spiro atoms. The Balaban J connectivity index is 2.00. The summed E-state index contributed by atoms with van der Waals surface area (Å²) in [7, 11) is -3.04. The number of sulfone groups is 1. The van der Waals surface area contributed by atoms with Gasteiger partial charge in [-0.1, -0.05) is 0 Å². The van der Waals surface area contributed by atoms with Gasteiger partial charge in [-0.15, -0.1) is 10.2 Å². The molecule has 2 aliphatic rings. The number of fused-ring (bicyclic) bond motifs is 1. The first kappa shape index (κ1) is 11.2. The van der Waals surface area contributed by atoms with E-state index in [1.54, 1.807) is 0 Å². The van der Waals surface area contributed by atoms with Gasteiger partial charge in [-0.05, 0) is 19.3 Å². The van der Waals surface area contributed by atoms with Crippen molar-refractivity contribution >= 4 is 9.84 Å². The summed E-state index contributed by atoms with van der Waals surface area (Å²) in [6, 6.07) is 0. The zero-order valence-corrected chi connectivity index (χ0v) is 10.2. The summed E-state index contributed by atoms with van der Waals surface area (Å²) < 4.78 is 25.6. The van der Waals surface area contributed by atoms with E-state index in [0.29, 0.717) is 43.9 Å². The molecule has 0 bridgehead atoms. The smallest absolute Gasteiger partial charge is 0.160 e. The summed E-state index contributed by atoms with van der Waals surface area (Å²) in [5, 5.41) is 17.1. The fraction of sp³-hybridized carbons (Fsp3) is 0.800. The van der Waals surface area contributed by atoms with Crippen LogP contribution in [0.1, 0.15) is 36.2 Å². The van der Waals surface area contributed by atoms with E-state index in [1.807, 2.05) is 4.57 Å². The lowest BCUT2D eigenvalue weighted by molar-refractivity contribution is 0.141. The summed E-state index contributed by atoms with van der Waals surface area (Å²) in [5.74, 6) is 1.54. The van der Waals surface area contributed by atoms with Gasteiger partial charge in [0.1, 0.15) is 11.1 Å². The SMILES string of the molecule is O=S1(=O)CCCC1c1nnc2n1CCC(O)C2. The molecular weight excluding hydrogens is 242 g/mol. The third-order valence-electron chi connectivity index (χ3n) is 3.58. The molecule has 1 aromatic heterocycles. The Labute approximate surface area is 99.6 Å². The highest BCUT2D eigenvalue weighted by atomic mass is 32.2. The molecule has 2 atom stereocenters. The van der Waals surface area contributed by atoms with E-state index >= 15 is 0 Å². The molecule has 0 aliphatic carbocycles. The standard InChI is InChI=1S/C10H15N3O3S/c14-7-3-4-13-9(6-7)11-12-10(13)8-2-1-5-17(8,15)16/h7-8,14H,1-6H2. The van der Waals surface area contributed by atoms with Crippen LogP contribution in [0.4, 0.5) is 0 Å². The van der Waals surface area contributed by atoms with Gasteiger partial charge in [0, 0.05) is 13.0 Å². The Kier molecular flexibility index (Phi) is 2.48. The molecule has 1 fully saturated rings. The minimum atomic E-state index is -3.04. The zero-order chi connectivity index (χ0) is 12.0. The lowest BCUT2D eigenvalue weighted by atomic mass is 10.1. The molecule has 3 heterocycles. The first-order chi connectivity index (χ1) is 8.08. The number of aliphatic hydroxyl groups is 1. The molecule has 0 saturated carbocycles. The summed E-state index contributed by atoms with van der Waals surface area (Å²) >= 11 is 0. The van der Waals surface area contributed by atoms with Gasteiger partial charge < -0.3 is 9.67 Å². The molecule has 1 aromatic rings. The van der Waals surface area contributed by atoms with Crippen molar-refractivity contribution in [3.8, 4) is 0 Å². The van der Waals surface area contributed by atoms with E-state index in [4.69, 9.17) is 0 Å². The fourth-order valence-corrected chi connectivity index (χ4v) is 4.53. The van der Waals surface area contributed by atoms with Gasteiger partial charge >= 0.3 is 0 Å². The second kappa shape index (κ2) is 3.78. The predicted molar refractivity (Wildman–Crippen MR) is 60.1 cm³/mol. The summed E-state index contributed by atoms with van der Waals surface area (Å²) in [5.41, 5.74) is 0. The van der Waals surface area contributed by atoms with E-state index in [1.165, 1.54) is 0 Å². The van der Waals surface area contributed by atoms with Crippen LogP contribution in [0.15, 0.2) is 0 Å². The van der Waals surface area contributed by atoms with E-state index in [0.717, 1.165) is 0 Å². The number of nitrogens with zero attached hydrogens (tertiary/aromatic N) is 3. The lowest BCUT2D eigenvalue weighted by Gasteiger charge is -2.20. The van der Waals surface area contributed by atoms with Gasteiger partial charge in [-0.3, -0.25) is 0 Å². The largest absolute Gasteiger partial charge is 0.393 e. The maximum Gasteiger partial charge on any atom is 0.160 e. The summed E-state index contributed by atoms with van der Waals surface area (Å²) in [6.07, 6.45) is 2.09. The van der Waals surface area contributed by atoms with Crippen molar-refractivity contribution in [2.24, 2.45) is 0 Å². The van der Waals surface area contributed by atoms with E-state index in [9.17, 15) is 13.5 Å². The predicted octanol–water partition coefficient (Wildman–Crippen LogP) is -0.165. The first-order valence-corrected chi connectivity index (χ1v) is 7.61. The van der Waals surface area contributed by atoms with Crippen LogP contribution in [0.3, 0.4) is 0 Å². The van der Waals surface area contributed by atoms with Crippen LogP contribution in [0.2, 0.25) is 0 Å². The molecule has 94 valence electrons. The molecule has 7 heteroatoms. The van der Waals surface area contributed by atoms with Crippen LogP contribution in [0, 0.1) is 0 Å². The number of aromatic nitrogens is 3. The third kappa shape index (κ3) is 1.77. The maximum atomic E-state index is 11.9. The van der Waals surface area contributed by atoms with Crippen molar-refractivity contribution in [1.29, 1.82) is 0 Å². The van der Waals surface area contributed by atoms with Crippen molar-refractivity contribution in [2.45, 2.75) is 43.6 Å². The molecule has 0 amide bonds. The van der Waals surface area contributed by atoms with Crippen molar-refractivity contribution in [2.75, 3.05) is 5.75 Å². The Hall–Kier alpha value is -0.950. The second-order valence-electron chi connectivity index (χ2n) is 4.77. The quantitative estimate of drug-likeness (QED) is 0.755. The van der Waals surface area contributed by atoms with Crippen LogP contribution >= 0.6 is 0 Å². The normalized spacial score (nSPS) is 31.4. The molecule has 2 unspecified atom stereocenters. The Morgan fingerprint density at radius 2 is 2.12 bits per heavy atom. The van der Waals surface area contributed by atoms with E-state index in [-0.39, 0.29) is 11.9 Å². The third-order valence-corrected chi connectivity index (χ3v) is 5.75. The molecule has 1 N–H and O–H groups in total. The average molecular weight is 257 g/mol. The van der Waals surface area contributed by atoms with Crippen molar-refractivity contribution < 1.29 is 13.5 Å². The topological polar surface area (TPSA) is 85.1 Å². The van der Waals surface area contributed by atoms with Gasteiger partial charge in [-0.2, -0.15) is 0 Å². The maximum absolute atomic E-state index is 11.9. The number of hydrogen-bond acceptors (Lipinski definition) is 5. The highest BCUT2D eigenvalue weighted by Crippen LogP contribution is 2.34. The lowest BCUT2D eigenvalue weighted by Crippen LogP contribution is -2.25. The minimum absolute atomic E-state index is 0.252. The Morgan fingerprint density at radius 1 is 1.29 bits per heavy atom. The van der Waals surface area contributed by atoms with Gasteiger partial charge in [0.2, 0.25) is 0 Å². The molecule has 0 radical (unpaired) electrons. The van der Waals surface area contributed by atoms with Crippen molar-refractivity contribution in [3.05, 3.63) is 11.6 Å². The van der Waals surface area contributed by atoms with E-state index < -0.39 is 15.1 Å². The van der Waals surface area contributed by atoms with Gasteiger partial charge in [-0.25, -0.2) is 8.42 Å². The average Bonchev–Trinajstić information content (AvgIpc) is 2.80. The molecular formula is C10H15N3O3S. The molecule has 3 rings (SSSR count). The number of hydrogen-bond donors (Lipinski definition) is 1. The molecule has 0 aromatic carbocycles. The van der Waals surface area contributed by atoms with Crippen LogP contribution in [0.5, 0.6) is 0 Å². The van der Waals surface area contributed by atoms with Gasteiger partial charge in [0.15, 0.2) is 15.7 Å². The highest BCUT2D eigenvalue weighted by Gasteiger charge is 2.37. The van der Waals surface area contributed by atoms with Crippen molar-refractivity contribution in [3.63, 3.8) is 0 Å². The summed E-state index contributed by atoms with van der Waals surface area (Å²) in [4.78, 5) is 0. The van der Waals surface area contributed by atoms with Crippen LogP contribution in [0.25, 0.3) is 0 Å². The zero-order valence-electron chi connectivity index (χ0n) is 9.41. The first-order valence-electron chi connectivity index (χ1n) is 5.89. The Bertz CT molecular complexity index is 537. The second-order valence-corrected chi connectivity index (χ2v) is 7.07. The van der Waals surface area contributed by atoms with Crippen LogP contribution < -0.4 is 0 Å². The van der Waals surface area contributed by atoms with Gasteiger partial charge in [0.25, 0.3) is 0 Å². The van der Waals surface area contributed by atoms with Gasteiger partial charge in [0.05, 0.1) is 11.9 Å². The molecule has 6 nitrogen and oxygen atoms in total. The summed E-state index contributed by atoms with van der Waals surface area (Å²) in [6.45, 7) is 0.616. The van der Waals surface area contributed by atoms with E-state index in [2.05, 4.69) is 10.2 Å². The molecule has 17 heavy (non-hydrogen) atoms. The minimum Gasteiger partial charge on any atom is -0.393 e. The highest BCUT2D eigenvalue weighted by molar-refractivity contribution is 7.91. The van der Waals surface area contributed by atoms with Crippen LogP contribution in [-0.2, 0) is 22.8 Å². The molecule has 1 saturated heterocycles. The number of aliphatic hydroxyl groups excluding tert-OH is 1. The Morgan fingerprint density at radius 3 is 2.82 bits per heavy atom. The fourth-order valence-electron chi connectivity index (χ4n) is 2.65. The van der Waals surface area contributed by atoms with Crippen LogP contribution in [-0.4, -0.2) is 40.1 Å². The monoisotopic (exact) mass is 257 g/mol. The number of rotatable bonds is 1. The van der Waals surface area contributed by atoms with Crippen molar-refractivity contribution in [1.82, 2.24) is 14.8 Å².